The average Bonchev–Trinajstić information content (AvgIpc) is 1.91. The smallest absolute Gasteiger partial charge is 0.254 e. The van der Waals surface area contributed by atoms with Gasteiger partial charge < -0.3 is 0 Å². The predicted molar refractivity (Wildman–Crippen MR) is 44.2 cm³/mol. The standard InChI is InChI=1S/C6H7F3OS2/c7-6(8,9)4-5-11-2-1-3-12(5)10/h4H,1-3H2/b5-4+. The maximum absolute atomic E-state index is 11.8. The van der Waals surface area contributed by atoms with Gasteiger partial charge in [-0.1, -0.05) is 0 Å². The Balaban J connectivity index is 2.72. The lowest BCUT2D eigenvalue weighted by molar-refractivity contribution is -0.0798. The van der Waals surface area contributed by atoms with Crippen LogP contribution in [0.4, 0.5) is 13.2 Å². The van der Waals surface area contributed by atoms with Gasteiger partial charge in [0.05, 0.1) is 15.0 Å². The zero-order valence-electron chi connectivity index (χ0n) is 6.06. The van der Waals surface area contributed by atoms with Crippen LogP contribution < -0.4 is 0 Å². The molecule has 0 N–H and O–H groups in total. The van der Waals surface area contributed by atoms with E-state index < -0.39 is 17.0 Å². The number of hydrogen-bond acceptors (Lipinski definition) is 2. The third-order valence-corrected chi connectivity index (χ3v) is 4.26. The van der Waals surface area contributed by atoms with Gasteiger partial charge in [-0.25, -0.2) is 0 Å². The Labute approximate surface area is 74.9 Å². The number of hydrogen-bond donors (Lipinski definition) is 0. The first-order valence-corrected chi connectivity index (χ1v) is 5.60. The first-order chi connectivity index (χ1) is 5.49. The Hall–Kier alpha value is 0.0300. The van der Waals surface area contributed by atoms with Crippen LogP contribution in [0.2, 0.25) is 0 Å². The summed E-state index contributed by atoms with van der Waals surface area (Å²) in [6.45, 7) is 0. The number of thioether (sulfide) groups is 1. The van der Waals surface area contributed by atoms with Crippen LogP contribution in [0, 0.1) is 0 Å². The number of rotatable bonds is 0. The molecule has 70 valence electrons. The van der Waals surface area contributed by atoms with Crippen LogP contribution in [0.25, 0.3) is 0 Å². The van der Waals surface area contributed by atoms with E-state index in [-0.39, 0.29) is 10.3 Å². The van der Waals surface area contributed by atoms with Crippen molar-refractivity contribution < 1.29 is 17.4 Å². The molecule has 1 fully saturated rings. The molecule has 0 saturated carbocycles. The van der Waals surface area contributed by atoms with E-state index in [0.717, 1.165) is 18.2 Å². The molecule has 1 aliphatic rings. The molecule has 0 amide bonds. The van der Waals surface area contributed by atoms with Gasteiger partial charge in [-0.15, -0.1) is 11.8 Å². The molecule has 0 aromatic rings. The van der Waals surface area contributed by atoms with E-state index in [1.54, 1.807) is 0 Å². The maximum atomic E-state index is 11.8. The Kier molecular flexibility index (Phi) is 3.22. The number of halogens is 3. The van der Waals surface area contributed by atoms with Crippen molar-refractivity contribution in [2.24, 2.45) is 0 Å². The molecule has 0 radical (unpaired) electrons. The molecule has 0 spiro atoms. The van der Waals surface area contributed by atoms with Gasteiger partial charge in [0.25, 0.3) is 0 Å². The fourth-order valence-electron chi connectivity index (χ4n) is 0.770. The Morgan fingerprint density at radius 3 is 2.67 bits per heavy atom. The van der Waals surface area contributed by atoms with Gasteiger partial charge in [0.1, 0.15) is 0 Å². The van der Waals surface area contributed by atoms with E-state index >= 15 is 0 Å². The largest absolute Gasteiger partial charge is 0.411 e. The van der Waals surface area contributed by atoms with Gasteiger partial charge >= 0.3 is 6.18 Å². The zero-order valence-corrected chi connectivity index (χ0v) is 7.69. The fourth-order valence-corrected chi connectivity index (χ4v) is 3.56. The molecule has 1 atom stereocenters. The highest BCUT2D eigenvalue weighted by atomic mass is 32.2. The predicted octanol–water partition coefficient (Wildman–Crippen LogP) is 2.28. The monoisotopic (exact) mass is 216 g/mol. The quantitative estimate of drug-likeness (QED) is 0.618. The van der Waals surface area contributed by atoms with Crippen molar-refractivity contribution in [1.29, 1.82) is 0 Å². The summed E-state index contributed by atoms with van der Waals surface area (Å²) < 4.78 is 46.3. The molecule has 0 aliphatic carbocycles. The summed E-state index contributed by atoms with van der Waals surface area (Å²) in [7, 11) is -1.42. The van der Waals surface area contributed by atoms with Gasteiger partial charge in [-0.2, -0.15) is 13.2 Å². The lowest BCUT2D eigenvalue weighted by Crippen LogP contribution is -2.11. The van der Waals surface area contributed by atoms with Gasteiger partial charge in [0, 0.05) is 11.8 Å². The van der Waals surface area contributed by atoms with E-state index in [0.29, 0.717) is 11.5 Å². The minimum atomic E-state index is -4.34. The summed E-state index contributed by atoms with van der Waals surface area (Å²) in [6.07, 6.45) is -3.46. The molecule has 1 rings (SSSR count). The summed E-state index contributed by atoms with van der Waals surface area (Å²) in [5.74, 6) is 0.989. The lowest BCUT2D eigenvalue weighted by atomic mass is 10.6. The third-order valence-electron chi connectivity index (χ3n) is 1.22. The molecule has 0 bridgehead atoms. The summed E-state index contributed by atoms with van der Waals surface area (Å²) in [5, 5.41) is 0. The molecular weight excluding hydrogens is 209 g/mol. The van der Waals surface area contributed by atoms with Crippen LogP contribution in [0.3, 0.4) is 0 Å². The van der Waals surface area contributed by atoms with E-state index in [1.807, 2.05) is 0 Å². The minimum absolute atomic E-state index is 0.0336. The average molecular weight is 216 g/mol. The molecule has 6 heteroatoms. The molecule has 1 aliphatic heterocycles. The van der Waals surface area contributed by atoms with Crippen molar-refractivity contribution in [1.82, 2.24) is 0 Å². The molecule has 1 saturated heterocycles. The Morgan fingerprint density at radius 2 is 2.17 bits per heavy atom. The van der Waals surface area contributed by atoms with Crippen LogP contribution in [-0.4, -0.2) is 21.9 Å². The van der Waals surface area contributed by atoms with Crippen LogP contribution in [0.15, 0.2) is 10.3 Å². The summed E-state index contributed by atoms with van der Waals surface area (Å²) >= 11 is 1.04. The lowest BCUT2D eigenvalue weighted by Gasteiger charge is -2.13. The van der Waals surface area contributed by atoms with Crippen molar-refractivity contribution in [2.45, 2.75) is 12.6 Å². The highest BCUT2D eigenvalue weighted by Crippen LogP contribution is 2.30. The first-order valence-electron chi connectivity index (χ1n) is 3.30. The zero-order chi connectivity index (χ0) is 9.19. The second kappa shape index (κ2) is 3.83. The molecule has 0 aromatic carbocycles. The van der Waals surface area contributed by atoms with Crippen molar-refractivity contribution in [3.05, 3.63) is 10.3 Å². The van der Waals surface area contributed by atoms with Gasteiger partial charge in [-0.3, -0.25) is 4.21 Å². The fraction of sp³-hybridized carbons (Fsp3) is 0.667. The van der Waals surface area contributed by atoms with E-state index in [9.17, 15) is 17.4 Å². The van der Waals surface area contributed by atoms with E-state index in [2.05, 4.69) is 0 Å². The number of alkyl halides is 3. The van der Waals surface area contributed by atoms with Crippen molar-refractivity contribution in [3.63, 3.8) is 0 Å². The summed E-state index contributed by atoms with van der Waals surface area (Å²) in [4.78, 5) is 0. The molecule has 1 heterocycles. The van der Waals surface area contributed by atoms with E-state index in [1.165, 1.54) is 0 Å². The van der Waals surface area contributed by atoms with Crippen molar-refractivity contribution in [2.75, 3.05) is 11.5 Å². The highest BCUT2D eigenvalue weighted by molar-refractivity contribution is 8.17. The molecule has 12 heavy (non-hydrogen) atoms. The minimum Gasteiger partial charge on any atom is -0.254 e. The second-order valence-electron chi connectivity index (χ2n) is 2.26. The summed E-state index contributed by atoms with van der Waals surface area (Å²) in [6, 6.07) is 0. The van der Waals surface area contributed by atoms with Gasteiger partial charge in [-0.05, 0) is 12.2 Å². The van der Waals surface area contributed by atoms with Gasteiger partial charge in [0.15, 0.2) is 0 Å². The number of allylic oxidation sites excluding steroid dienone is 1. The second-order valence-corrected chi connectivity index (χ2v) is 5.19. The van der Waals surface area contributed by atoms with Crippen LogP contribution in [0.1, 0.15) is 6.42 Å². The third kappa shape index (κ3) is 3.18. The van der Waals surface area contributed by atoms with Crippen molar-refractivity contribution >= 4 is 22.6 Å². The molecule has 1 unspecified atom stereocenters. The molecule has 1 nitrogen and oxygen atoms in total. The summed E-state index contributed by atoms with van der Waals surface area (Å²) in [5.41, 5.74) is 0. The maximum Gasteiger partial charge on any atom is 0.411 e. The Morgan fingerprint density at radius 1 is 1.50 bits per heavy atom. The van der Waals surface area contributed by atoms with Crippen molar-refractivity contribution in [3.8, 4) is 0 Å². The van der Waals surface area contributed by atoms with E-state index in [4.69, 9.17) is 0 Å². The molecule has 0 aromatic heterocycles. The van der Waals surface area contributed by atoms with Crippen LogP contribution in [-0.2, 0) is 10.8 Å². The highest BCUT2D eigenvalue weighted by Gasteiger charge is 2.27. The molecular formula is C6H7F3OS2. The Bertz CT molecular complexity index is 221. The van der Waals surface area contributed by atoms with Gasteiger partial charge in [0.2, 0.25) is 0 Å². The topological polar surface area (TPSA) is 17.1 Å². The van der Waals surface area contributed by atoms with Crippen LogP contribution in [0.5, 0.6) is 0 Å². The van der Waals surface area contributed by atoms with Crippen LogP contribution >= 0.6 is 11.8 Å². The first kappa shape index (κ1) is 10.1. The SMILES string of the molecule is O=S1CCCS/C1=C\C(F)(F)F. The normalized spacial score (nSPS) is 29.2.